The Balaban J connectivity index is 2.33. The molecule has 0 amide bonds. The molecule has 1 aromatic carbocycles. The highest BCUT2D eigenvalue weighted by molar-refractivity contribution is 7.92. The number of anilines is 2. The van der Waals surface area contributed by atoms with E-state index < -0.39 is 24.9 Å². The van der Waals surface area contributed by atoms with Crippen molar-refractivity contribution in [1.82, 2.24) is 9.97 Å². The monoisotopic (exact) mass is 436 g/mol. The van der Waals surface area contributed by atoms with Gasteiger partial charge in [0, 0.05) is 17.7 Å². The molecule has 1 atom stereocenters. The molecule has 29 heavy (non-hydrogen) atoms. The summed E-state index contributed by atoms with van der Waals surface area (Å²) in [4.78, 5) is 7.92. The summed E-state index contributed by atoms with van der Waals surface area (Å²) in [7, 11) is -6.98. The van der Waals surface area contributed by atoms with E-state index in [2.05, 4.69) is 15.3 Å². The van der Waals surface area contributed by atoms with Gasteiger partial charge in [-0.1, -0.05) is 13.8 Å². The lowest BCUT2D eigenvalue weighted by molar-refractivity contribution is 0.506. The fourth-order valence-electron chi connectivity index (χ4n) is 2.94. The van der Waals surface area contributed by atoms with Gasteiger partial charge >= 0.3 is 0 Å². The van der Waals surface area contributed by atoms with Crippen molar-refractivity contribution in [3.05, 3.63) is 42.4 Å². The van der Waals surface area contributed by atoms with E-state index in [4.69, 9.17) is 5.26 Å². The summed E-state index contributed by atoms with van der Waals surface area (Å²) >= 11 is 0. The van der Waals surface area contributed by atoms with Gasteiger partial charge in [0.25, 0.3) is 0 Å². The summed E-state index contributed by atoms with van der Waals surface area (Å²) in [6, 6.07) is 8.55. The average molecular weight is 437 g/mol. The molecule has 10 heteroatoms. The van der Waals surface area contributed by atoms with E-state index in [0.717, 1.165) is 6.26 Å². The molecule has 156 valence electrons. The first kappa shape index (κ1) is 22.8. The Morgan fingerprint density at radius 3 is 2.34 bits per heavy atom. The fraction of sp³-hybridized carbons (Fsp3) is 0.421. The van der Waals surface area contributed by atoms with Crippen molar-refractivity contribution in [2.75, 3.05) is 17.3 Å². The van der Waals surface area contributed by atoms with Crippen molar-refractivity contribution in [2.45, 2.75) is 36.8 Å². The van der Waals surface area contributed by atoms with Crippen LogP contribution in [0.4, 0.5) is 11.5 Å². The second kappa shape index (κ2) is 9.33. The van der Waals surface area contributed by atoms with E-state index in [9.17, 15) is 16.8 Å². The lowest BCUT2D eigenvalue weighted by Crippen LogP contribution is -2.28. The number of hydrogen-bond donors (Lipinski definition) is 1. The summed E-state index contributed by atoms with van der Waals surface area (Å²) in [6.45, 7) is 3.58. The molecule has 0 saturated carbocycles. The van der Waals surface area contributed by atoms with Gasteiger partial charge in [0.05, 0.1) is 23.1 Å². The fourth-order valence-corrected chi connectivity index (χ4v) is 5.73. The topological polar surface area (TPSA) is 130 Å². The van der Waals surface area contributed by atoms with Gasteiger partial charge in [-0.2, -0.15) is 5.26 Å². The maximum atomic E-state index is 13.3. The molecule has 0 saturated heterocycles. The van der Waals surface area contributed by atoms with Gasteiger partial charge in [0.15, 0.2) is 15.7 Å². The first-order valence-electron chi connectivity index (χ1n) is 9.03. The quantitative estimate of drug-likeness (QED) is 0.635. The van der Waals surface area contributed by atoms with Crippen LogP contribution in [0.1, 0.15) is 32.3 Å². The lowest BCUT2D eigenvalue weighted by atomic mass is 10.1. The van der Waals surface area contributed by atoms with E-state index >= 15 is 0 Å². The third-order valence-corrected chi connectivity index (χ3v) is 7.93. The largest absolute Gasteiger partial charge is 0.339 e. The Bertz CT molecular complexity index is 1090. The predicted octanol–water partition coefficient (Wildman–Crippen LogP) is 2.71. The van der Waals surface area contributed by atoms with Gasteiger partial charge in [-0.3, -0.25) is 0 Å². The number of nitrogens with one attached hydrogen (secondary N) is 1. The van der Waals surface area contributed by atoms with Gasteiger partial charge < -0.3 is 5.32 Å². The van der Waals surface area contributed by atoms with Gasteiger partial charge in [0.2, 0.25) is 0 Å². The van der Waals surface area contributed by atoms with Crippen LogP contribution in [0.3, 0.4) is 0 Å². The van der Waals surface area contributed by atoms with E-state index in [1.54, 1.807) is 38.1 Å². The number of hydrogen-bond acceptors (Lipinski definition) is 8. The maximum absolute atomic E-state index is 13.3. The highest BCUT2D eigenvalue weighted by atomic mass is 32.2. The number of rotatable bonds is 9. The normalized spacial score (nSPS) is 13.1. The molecule has 2 rings (SSSR count). The van der Waals surface area contributed by atoms with Crippen molar-refractivity contribution in [2.24, 2.45) is 5.92 Å². The predicted molar refractivity (Wildman–Crippen MR) is 111 cm³/mol. The molecule has 0 aliphatic rings. The molecule has 0 aliphatic heterocycles. The van der Waals surface area contributed by atoms with Gasteiger partial charge in [-0.25, -0.2) is 26.8 Å². The van der Waals surface area contributed by atoms with Gasteiger partial charge in [0.1, 0.15) is 21.1 Å². The van der Waals surface area contributed by atoms with Crippen LogP contribution in [0.15, 0.2) is 41.7 Å². The number of sulfone groups is 2. The van der Waals surface area contributed by atoms with Crippen molar-refractivity contribution in [3.63, 3.8) is 0 Å². The summed E-state index contributed by atoms with van der Waals surface area (Å²) in [6.07, 6.45) is 4.11. The Morgan fingerprint density at radius 2 is 1.79 bits per heavy atom. The van der Waals surface area contributed by atoms with Gasteiger partial charge in [-0.15, -0.1) is 0 Å². The molecule has 0 radical (unpaired) electrons. The molecule has 0 fully saturated rings. The number of nitrogens with zero attached hydrogens (tertiary/aromatic N) is 3. The standard InChI is InChI=1S/C19H24N4O4S2/c1-14(2)17(5-4-10-28(3,24)25)29(26,27)18-12-21-13-22-19(18)23-16-8-6-15(11-20)7-9-16/h6-9,12-14,17H,4-5,10H2,1-3H3,(H,21,22,23). The van der Waals surface area contributed by atoms with Crippen molar-refractivity contribution in [3.8, 4) is 6.07 Å². The van der Waals surface area contributed by atoms with Crippen LogP contribution in [0.2, 0.25) is 0 Å². The lowest BCUT2D eigenvalue weighted by Gasteiger charge is -2.22. The van der Waals surface area contributed by atoms with Crippen LogP contribution >= 0.6 is 0 Å². The Labute approximate surface area is 171 Å². The minimum atomic E-state index is -3.82. The second-order valence-corrected chi connectivity index (χ2v) is 11.5. The molecule has 2 aromatic rings. The van der Waals surface area contributed by atoms with E-state index in [1.165, 1.54) is 12.5 Å². The molecule has 1 N–H and O–H groups in total. The zero-order chi connectivity index (χ0) is 21.7. The summed E-state index contributed by atoms with van der Waals surface area (Å²) < 4.78 is 49.5. The van der Waals surface area contributed by atoms with Crippen LogP contribution in [0.5, 0.6) is 0 Å². The van der Waals surface area contributed by atoms with Crippen LogP contribution in [-0.2, 0) is 19.7 Å². The Morgan fingerprint density at radius 1 is 1.14 bits per heavy atom. The molecule has 0 bridgehead atoms. The minimum Gasteiger partial charge on any atom is -0.339 e. The van der Waals surface area contributed by atoms with Crippen LogP contribution in [0, 0.1) is 17.2 Å². The zero-order valence-corrected chi connectivity index (χ0v) is 18.2. The zero-order valence-electron chi connectivity index (χ0n) is 16.5. The van der Waals surface area contributed by atoms with Crippen LogP contribution in [-0.4, -0.2) is 44.1 Å². The number of aromatic nitrogens is 2. The second-order valence-electron chi connectivity index (χ2n) is 7.15. The molecule has 1 aromatic heterocycles. The van der Waals surface area contributed by atoms with Crippen LogP contribution in [0.25, 0.3) is 0 Å². The number of benzene rings is 1. The van der Waals surface area contributed by atoms with Crippen molar-refractivity contribution < 1.29 is 16.8 Å². The first-order valence-corrected chi connectivity index (χ1v) is 12.6. The van der Waals surface area contributed by atoms with Crippen molar-refractivity contribution in [1.29, 1.82) is 5.26 Å². The van der Waals surface area contributed by atoms with Crippen molar-refractivity contribution >= 4 is 31.2 Å². The Hall–Kier alpha value is -2.51. The number of nitriles is 1. The third kappa shape index (κ3) is 6.24. The molecule has 8 nitrogen and oxygen atoms in total. The maximum Gasteiger partial charge on any atom is 0.186 e. The molecule has 1 unspecified atom stereocenters. The Kier molecular flexibility index (Phi) is 7.32. The molecule has 1 heterocycles. The van der Waals surface area contributed by atoms with Gasteiger partial charge in [-0.05, 0) is 43.0 Å². The minimum absolute atomic E-state index is 0.0394. The summed E-state index contributed by atoms with van der Waals surface area (Å²) in [5.74, 6) is -0.145. The highest BCUT2D eigenvalue weighted by Gasteiger charge is 2.33. The smallest absolute Gasteiger partial charge is 0.186 e. The van der Waals surface area contributed by atoms with E-state index in [1.807, 2.05) is 6.07 Å². The molecular weight excluding hydrogens is 412 g/mol. The third-order valence-electron chi connectivity index (χ3n) is 4.41. The summed E-state index contributed by atoms with van der Waals surface area (Å²) in [5.41, 5.74) is 1.06. The average Bonchev–Trinajstić information content (AvgIpc) is 2.65. The molecule has 0 aliphatic carbocycles. The van der Waals surface area contributed by atoms with Crippen LogP contribution < -0.4 is 5.32 Å². The first-order chi connectivity index (χ1) is 13.5. The highest BCUT2D eigenvalue weighted by Crippen LogP contribution is 2.30. The SMILES string of the molecule is CC(C)C(CCCS(C)(=O)=O)S(=O)(=O)c1cncnc1Nc1ccc(C#N)cc1. The molecule has 0 spiro atoms. The van der Waals surface area contributed by atoms with E-state index in [-0.39, 0.29) is 35.2 Å². The van der Waals surface area contributed by atoms with E-state index in [0.29, 0.717) is 11.3 Å². The molecular formula is C19H24N4O4S2. The summed E-state index contributed by atoms with van der Waals surface area (Å²) in [5, 5.41) is 11.1.